The number of carbonyl (C=O) groups excluding carboxylic acids is 2. The third-order valence-corrected chi connectivity index (χ3v) is 4.71. The molecular formula is C18H20ClN3O2. The van der Waals surface area contributed by atoms with Crippen LogP contribution in [0, 0.1) is 5.92 Å². The van der Waals surface area contributed by atoms with Gasteiger partial charge in [0.1, 0.15) is 0 Å². The first-order valence-electron chi connectivity index (χ1n) is 8.18. The number of Topliss-reactive ketones (excluding diaryl/α,β-unsaturated/α-hetero) is 1. The molecule has 0 spiro atoms. The number of hydrogen-bond acceptors (Lipinski definition) is 3. The number of halogens is 1. The largest absolute Gasteiger partial charge is 0.343 e. The minimum Gasteiger partial charge on any atom is -0.343 e. The van der Waals surface area contributed by atoms with Gasteiger partial charge in [0.15, 0.2) is 5.78 Å². The molecule has 126 valence electrons. The number of rotatable bonds is 5. The summed E-state index contributed by atoms with van der Waals surface area (Å²) in [5.74, 6) is 0.263. The Morgan fingerprint density at radius 1 is 1.17 bits per heavy atom. The Bertz CT molecular complexity index is 690. The van der Waals surface area contributed by atoms with Gasteiger partial charge in [-0.3, -0.25) is 14.3 Å². The van der Waals surface area contributed by atoms with Crippen molar-refractivity contribution in [2.45, 2.75) is 25.8 Å². The van der Waals surface area contributed by atoms with E-state index in [-0.39, 0.29) is 17.6 Å². The van der Waals surface area contributed by atoms with E-state index in [9.17, 15) is 9.59 Å². The minimum atomic E-state index is -0.0126. The first-order valence-corrected chi connectivity index (χ1v) is 8.56. The fourth-order valence-corrected chi connectivity index (χ4v) is 3.17. The molecule has 24 heavy (non-hydrogen) atoms. The second-order valence-electron chi connectivity index (χ2n) is 6.05. The SMILES string of the molecule is O=C(c1ccc(Cl)cc1)C1CCN(C(=O)CCn2cccn2)CC1. The number of aryl methyl sites for hydroxylation is 1. The van der Waals surface area contributed by atoms with E-state index in [2.05, 4.69) is 5.10 Å². The first kappa shape index (κ1) is 16.7. The number of nitrogens with zero attached hydrogens (tertiary/aromatic N) is 3. The normalized spacial score (nSPS) is 15.5. The average Bonchev–Trinajstić information content (AvgIpc) is 3.13. The topological polar surface area (TPSA) is 55.2 Å². The van der Waals surface area contributed by atoms with Crippen LogP contribution < -0.4 is 0 Å². The molecule has 0 aliphatic carbocycles. The van der Waals surface area contributed by atoms with Crippen molar-refractivity contribution in [1.29, 1.82) is 0 Å². The Morgan fingerprint density at radius 3 is 2.50 bits per heavy atom. The summed E-state index contributed by atoms with van der Waals surface area (Å²) >= 11 is 5.86. The number of amides is 1. The molecule has 6 heteroatoms. The van der Waals surface area contributed by atoms with Crippen LogP contribution in [-0.2, 0) is 11.3 Å². The Balaban J connectivity index is 1.49. The number of aromatic nitrogens is 2. The molecule has 1 aliphatic rings. The number of carbonyl (C=O) groups is 2. The Kier molecular flexibility index (Phi) is 5.30. The van der Waals surface area contributed by atoms with Crippen molar-refractivity contribution in [2.75, 3.05) is 13.1 Å². The quantitative estimate of drug-likeness (QED) is 0.783. The second-order valence-corrected chi connectivity index (χ2v) is 6.48. The van der Waals surface area contributed by atoms with E-state index in [1.54, 1.807) is 35.1 Å². The number of benzene rings is 1. The van der Waals surface area contributed by atoms with Crippen LogP contribution in [0.1, 0.15) is 29.6 Å². The van der Waals surface area contributed by atoms with Gasteiger partial charge in [-0.1, -0.05) is 11.6 Å². The molecule has 1 saturated heterocycles. The van der Waals surface area contributed by atoms with Gasteiger partial charge < -0.3 is 4.90 Å². The molecule has 1 aliphatic heterocycles. The predicted octanol–water partition coefficient (Wildman–Crippen LogP) is 3.05. The lowest BCUT2D eigenvalue weighted by molar-refractivity contribution is -0.132. The van der Waals surface area contributed by atoms with Crippen LogP contribution in [0.15, 0.2) is 42.7 Å². The zero-order valence-corrected chi connectivity index (χ0v) is 14.2. The van der Waals surface area contributed by atoms with E-state index in [0.717, 1.165) is 12.8 Å². The van der Waals surface area contributed by atoms with Crippen LogP contribution in [0.2, 0.25) is 5.02 Å². The van der Waals surface area contributed by atoms with Gasteiger partial charge in [-0.05, 0) is 43.2 Å². The lowest BCUT2D eigenvalue weighted by Gasteiger charge is -2.31. The monoisotopic (exact) mass is 345 g/mol. The second kappa shape index (κ2) is 7.62. The maximum atomic E-state index is 12.5. The molecule has 3 rings (SSSR count). The van der Waals surface area contributed by atoms with Crippen molar-refractivity contribution in [2.24, 2.45) is 5.92 Å². The molecule has 0 saturated carbocycles. The molecular weight excluding hydrogens is 326 g/mol. The lowest BCUT2D eigenvalue weighted by atomic mass is 9.89. The first-order chi connectivity index (χ1) is 11.6. The standard InChI is InChI=1S/C18H20ClN3O2/c19-16-4-2-14(3-5-16)18(24)15-6-11-21(12-7-15)17(23)8-13-22-10-1-9-20-22/h1-5,9-10,15H,6-8,11-13H2. The van der Waals surface area contributed by atoms with Crippen molar-refractivity contribution < 1.29 is 9.59 Å². The molecule has 2 heterocycles. The smallest absolute Gasteiger partial charge is 0.224 e. The van der Waals surface area contributed by atoms with Gasteiger partial charge in [-0.15, -0.1) is 0 Å². The van der Waals surface area contributed by atoms with Crippen LogP contribution in [0.25, 0.3) is 0 Å². The maximum absolute atomic E-state index is 12.5. The molecule has 0 bridgehead atoms. The van der Waals surface area contributed by atoms with E-state index >= 15 is 0 Å². The minimum absolute atomic E-state index is 0.0126. The average molecular weight is 346 g/mol. The van der Waals surface area contributed by atoms with Crippen molar-refractivity contribution >= 4 is 23.3 Å². The molecule has 1 fully saturated rings. The summed E-state index contributed by atoms with van der Waals surface area (Å²) in [6.45, 7) is 1.87. The molecule has 5 nitrogen and oxygen atoms in total. The van der Waals surface area contributed by atoms with Crippen LogP contribution in [0.4, 0.5) is 0 Å². The summed E-state index contributed by atoms with van der Waals surface area (Å²) in [4.78, 5) is 26.6. The van der Waals surface area contributed by atoms with Gasteiger partial charge in [-0.25, -0.2) is 0 Å². The van der Waals surface area contributed by atoms with E-state index < -0.39 is 0 Å². The zero-order chi connectivity index (χ0) is 16.9. The highest BCUT2D eigenvalue weighted by Gasteiger charge is 2.27. The summed E-state index contributed by atoms with van der Waals surface area (Å²) in [5.41, 5.74) is 0.697. The Hall–Kier alpha value is -2.14. The van der Waals surface area contributed by atoms with Crippen molar-refractivity contribution in [3.05, 3.63) is 53.3 Å². The van der Waals surface area contributed by atoms with Gasteiger partial charge in [0, 0.05) is 55.0 Å². The number of hydrogen-bond donors (Lipinski definition) is 0. The lowest BCUT2D eigenvalue weighted by Crippen LogP contribution is -2.40. The third-order valence-electron chi connectivity index (χ3n) is 4.46. The number of ketones is 1. The Labute approximate surface area is 146 Å². The van der Waals surface area contributed by atoms with Gasteiger partial charge in [-0.2, -0.15) is 5.10 Å². The molecule has 1 aromatic carbocycles. The van der Waals surface area contributed by atoms with E-state index in [0.29, 0.717) is 36.6 Å². The highest BCUT2D eigenvalue weighted by atomic mass is 35.5. The molecule has 1 amide bonds. The van der Waals surface area contributed by atoms with Crippen molar-refractivity contribution in [1.82, 2.24) is 14.7 Å². The van der Waals surface area contributed by atoms with Crippen molar-refractivity contribution in [3.63, 3.8) is 0 Å². The molecule has 0 N–H and O–H groups in total. The fraction of sp³-hybridized carbons (Fsp3) is 0.389. The third kappa shape index (κ3) is 4.03. The summed E-state index contributed by atoms with van der Waals surface area (Å²) in [5, 5.41) is 4.73. The number of piperidine rings is 1. The van der Waals surface area contributed by atoms with Crippen LogP contribution >= 0.6 is 11.6 Å². The maximum Gasteiger partial charge on any atom is 0.224 e. The summed E-state index contributed by atoms with van der Waals surface area (Å²) < 4.78 is 1.76. The molecule has 0 unspecified atom stereocenters. The Morgan fingerprint density at radius 2 is 1.88 bits per heavy atom. The van der Waals surface area contributed by atoms with Crippen LogP contribution in [0.5, 0.6) is 0 Å². The van der Waals surface area contributed by atoms with Gasteiger partial charge >= 0.3 is 0 Å². The fourth-order valence-electron chi connectivity index (χ4n) is 3.04. The van der Waals surface area contributed by atoms with Gasteiger partial charge in [0.25, 0.3) is 0 Å². The summed E-state index contributed by atoms with van der Waals surface area (Å²) in [6.07, 6.45) is 5.43. The molecule has 0 radical (unpaired) electrons. The van der Waals surface area contributed by atoms with Crippen LogP contribution in [0.3, 0.4) is 0 Å². The summed E-state index contributed by atoms with van der Waals surface area (Å²) in [7, 11) is 0. The highest BCUT2D eigenvalue weighted by molar-refractivity contribution is 6.30. The van der Waals surface area contributed by atoms with Crippen molar-refractivity contribution in [3.8, 4) is 0 Å². The zero-order valence-electron chi connectivity index (χ0n) is 13.4. The van der Waals surface area contributed by atoms with E-state index in [1.807, 2.05) is 17.2 Å². The summed E-state index contributed by atoms with van der Waals surface area (Å²) in [6, 6.07) is 8.86. The number of likely N-dealkylation sites (tertiary alicyclic amines) is 1. The highest BCUT2D eigenvalue weighted by Crippen LogP contribution is 2.23. The molecule has 0 atom stereocenters. The predicted molar refractivity (Wildman–Crippen MR) is 91.9 cm³/mol. The van der Waals surface area contributed by atoms with E-state index in [1.165, 1.54) is 0 Å². The van der Waals surface area contributed by atoms with Gasteiger partial charge in [0.2, 0.25) is 5.91 Å². The van der Waals surface area contributed by atoms with Crippen LogP contribution in [-0.4, -0.2) is 39.5 Å². The molecule has 1 aromatic heterocycles. The van der Waals surface area contributed by atoms with Gasteiger partial charge in [0.05, 0.1) is 0 Å². The van der Waals surface area contributed by atoms with E-state index in [4.69, 9.17) is 11.6 Å². The molecule has 2 aromatic rings.